The molecular weight excluding hydrogens is 266 g/mol. The molecule has 1 N–H and O–H groups in total. The van der Waals surface area contributed by atoms with E-state index in [-0.39, 0.29) is 6.10 Å². The van der Waals surface area contributed by atoms with Crippen LogP contribution in [0.2, 0.25) is 0 Å². The van der Waals surface area contributed by atoms with Gasteiger partial charge in [-0.05, 0) is 56.4 Å². The third kappa shape index (κ3) is 3.39. The van der Waals surface area contributed by atoms with Crippen molar-refractivity contribution in [3.8, 4) is 5.75 Å². The molecule has 4 heteroatoms. The lowest BCUT2D eigenvalue weighted by Gasteiger charge is -2.28. The summed E-state index contributed by atoms with van der Waals surface area (Å²) < 4.78 is 16.8. The third-order valence-electron chi connectivity index (χ3n) is 4.33. The van der Waals surface area contributed by atoms with Gasteiger partial charge < -0.3 is 19.5 Å². The molecule has 1 aromatic carbocycles. The zero-order valence-corrected chi connectivity index (χ0v) is 13.1. The first-order valence-corrected chi connectivity index (χ1v) is 7.79. The minimum Gasteiger partial charge on any atom is -0.497 e. The SMILES string of the molecule is COc1ccc2c(c1)C(NCC1COC(C)(C)O1)CCC2. The Hall–Kier alpha value is -1.10. The maximum Gasteiger partial charge on any atom is 0.163 e. The Kier molecular flexibility index (Phi) is 4.20. The number of hydrogen-bond donors (Lipinski definition) is 1. The lowest BCUT2D eigenvalue weighted by Crippen LogP contribution is -2.34. The Morgan fingerprint density at radius 2 is 2.24 bits per heavy atom. The third-order valence-corrected chi connectivity index (χ3v) is 4.33. The Bertz CT molecular complexity index is 501. The first-order chi connectivity index (χ1) is 10.1. The largest absolute Gasteiger partial charge is 0.497 e. The lowest BCUT2D eigenvalue weighted by atomic mass is 9.87. The maximum atomic E-state index is 5.86. The molecule has 21 heavy (non-hydrogen) atoms. The van der Waals surface area contributed by atoms with Crippen LogP contribution in [0.15, 0.2) is 18.2 Å². The zero-order chi connectivity index (χ0) is 14.9. The lowest BCUT2D eigenvalue weighted by molar-refractivity contribution is -0.137. The summed E-state index contributed by atoms with van der Waals surface area (Å²) in [5.41, 5.74) is 2.81. The van der Waals surface area contributed by atoms with Crippen molar-refractivity contribution in [2.24, 2.45) is 0 Å². The van der Waals surface area contributed by atoms with Crippen LogP contribution in [0.25, 0.3) is 0 Å². The van der Waals surface area contributed by atoms with Gasteiger partial charge in [0.15, 0.2) is 5.79 Å². The average Bonchev–Trinajstić information content (AvgIpc) is 2.83. The first kappa shape index (κ1) is 14.8. The number of hydrogen-bond acceptors (Lipinski definition) is 4. The minimum atomic E-state index is -0.444. The summed E-state index contributed by atoms with van der Waals surface area (Å²) in [6, 6.07) is 6.80. The molecule has 1 aliphatic carbocycles. The summed E-state index contributed by atoms with van der Waals surface area (Å²) in [5, 5.41) is 3.65. The maximum absolute atomic E-state index is 5.86. The fourth-order valence-electron chi connectivity index (χ4n) is 3.25. The van der Waals surface area contributed by atoms with Crippen LogP contribution in [-0.4, -0.2) is 32.2 Å². The Morgan fingerprint density at radius 3 is 2.95 bits per heavy atom. The van der Waals surface area contributed by atoms with E-state index in [0.29, 0.717) is 12.6 Å². The Morgan fingerprint density at radius 1 is 1.38 bits per heavy atom. The molecule has 1 aliphatic heterocycles. The van der Waals surface area contributed by atoms with Crippen LogP contribution in [0, 0.1) is 0 Å². The number of methoxy groups -OCH3 is 1. The quantitative estimate of drug-likeness (QED) is 0.926. The monoisotopic (exact) mass is 291 g/mol. The summed E-state index contributed by atoms with van der Waals surface area (Å²) in [7, 11) is 1.72. The van der Waals surface area contributed by atoms with Crippen LogP contribution >= 0.6 is 0 Å². The topological polar surface area (TPSA) is 39.7 Å². The van der Waals surface area contributed by atoms with Gasteiger partial charge in [-0.2, -0.15) is 0 Å². The van der Waals surface area contributed by atoms with Gasteiger partial charge in [0.1, 0.15) is 5.75 Å². The molecule has 3 rings (SSSR count). The summed E-state index contributed by atoms with van der Waals surface area (Å²) in [5.74, 6) is 0.490. The second kappa shape index (κ2) is 5.95. The van der Waals surface area contributed by atoms with Gasteiger partial charge in [0, 0.05) is 12.6 Å². The molecule has 1 aromatic rings. The van der Waals surface area contributed by atoms with Gasteiger partial charge >= 0.3 is 0 Å². The van der Waals surface area contributed by atoms with E-state index in [0.717, 1.165) is 25.1 Å². The van der Waals surface area contributed by atoms with E-state index in [1.165, 1.54) is 17.5 Å². The molecule has 0 aromatic heterocycles. The van der Waals surface area contributed by atoms with Crippen LogP contribution in [0.5, 0.6) is 5.75 Å². The second-order valence-corrected chi connectivity index (χ2v) is 6.37. The van der Waals surface area contributed by atoms with Crippen molar-refractivity contribution >= 4 is 0 Å². The van der Waals surface area contributed by atoms with Crippen LogP contribution < -0.4 is 10.1 Å². The minimum absolute atomic E-state index is 0.135. The van der Waals surface area contributed by atoms with Gasteiger partial charge in [-0.3, -0.25) is 0 Å². The van der Waals surface area contributed by atoms with E-state index in [1.54, 1.807) is 7.11 Å². The fraction of sp³-hybridized carbons (Fsp3) is 0.647. The van der Waals surface area contributed by atoms with E-state index in [9.17, 15) is 0 Å². The molecular formula is C17H25NO3. The van der Waals surface area contributed by atoms with Gasteiger partial charge in [0.25, 0.3) is 0 Å². The standard InChI is InChI=1S/C17H25NO3/c1-17(2)20-11-14(21-17)10-18-16-6-4-5-12-7-8-13(19-3)9-15(12)16/h7-9,14,16,18H,4-6,10-11H2,1-3H3. The molecule has 1 saturated heterocycles. The highest BCUT2D eigenvalue weighted by atomic mass is 16.7. The molecule has 116 valence electrons. The number of ether oxygens (including phenoxy) is 3. The fourth-order valence-corrected chi connectivity index (χ4v) is 3.25. The molecule has 0 amide bonds. The normalized spacial score (nSPS) is 27.4. The average molecular weight is 291 g/mol. The summed E-state index contributed by atoms with van der Waals surface area (Å²) in [4.78, 5) is 0. The van der Waals surface area contributed by atoms with Crippen LogP contribution in [0.4, 0.5) is 0 Å². The van der Waals surface area contributed by atoms with Crippen molar-refractivity contribution in [1.29, 1.82) is 0 Å². The molecule has 2 aliphatic rings. The molecule has 0 saturated carbocycles. The zero-order valence-electron chi connectivity index (χ0n) is 13.1. The number of rotatable bonds is 4. The predicted molar refractivity (Wildman–Crippen MR) is 81.6 cm³/mol. The van der Waals surface area contributed by atoms with Crippen molar-refractivity contribution in [2.75, 3.05) is 20.3 Å². The molecule has 1 fully saturated rings. The van der Waals surface area contributed by atoms with Crippen molar-refractivity contribution in [3.63, 3.8) is 0 Å². The van der Waals surface area contributed by atoms with Crippen molar-refractivity contribution in [2.45, 2.75) is 51.0 Å². The second-order valence-electron chi connectivity index (χ2n) is 6.37. The van der Waals surface area contributed by atoms with E-state index in [4.69, 9.17) is 14.2 Å². The Balaban J connectivity index is 1.65. The molecule has 2 atom stereocenters. The van der Waals surface area contributed by atoms with Crippen LogP contribution in [-0.2, 0) is 15.9 Å². The smallest absolute Gasteiger partial charge is 0.163 e. The van der Waals surface area contributed by atoms with Crippen molar-refractivity contribution in [1.82, 2.24) is 5.32 Å². The summed E-state index contributed by atoms with van der Waals surface area (Å²) in [6.07, 6.45) is 3.69. The van der Waals surface area contributed by atoms with Crippen molar-refractivity contribution < 1.29 is 14.2 Å². The highest BCUT2D eigenvalue weighted by molar-refractivity contribution is 5.39. The van der Waals surface area contributed by atoms with E-state index < -0.39 is 5.79 Å². The van der Waals surface area contributed by atoms with E-state index in [2.05, 4.69) is 23.5 Å². The number of fused-ring (bicyclic) bond motifs is 1. The molecule has 0 spiro atoms. The predicted octanol–water partition coefficient (Wildman–Crippen LogP) is 2.81. The molecule has 4 nitrogen and oxygen atoms in total. The van der Waals surface area contributed by atoms with E-state index in [1.807, 2.05) is 13.8 Å². The first-order valence-electron chi connectivity index (χ1n) is 7.79. The summed E-state index contributed by atoms with van der Waals surface area (Å²) in [6.45, 7) is 5.42. The van der Waals surface area contributed by atoms with Gasteiger partial charge in [0.2, 0.25) is 0 Å². The van der Waals surface area contributed by atoms with Crippen LogP contribution in [0.3, 0.4) is 0 Å². The van der Waals surface area contributed by atoms with Gasteiger partial charge in [-0.1, -0.05) is 6.07 Å². The van der Waals surface area contributed by atoms with Gasteiger partial charge in [-0.15, -0.1) is 0 Å². The highest BCUT2D eigenvalue weighted by Gasteiger charge is 2.33. The molecule has 0 radical (unpaired) electrons. The number of benzene rings is 1. The number of nitrogens with one attached hydrogen (secondary N) is 1. The Labute approximate surface area is 126 Å². The van der Waals surface area contributed by atoms with Gasteiger partial charge in [0.05, 0.1) is 19.8 Å². The highest BCUT2D eigenvalue weighted by Crippen LogP contribution is 2.32. The molecule has 2 unspecified atom stereocenters. The van der Waals surface area contributed by atoms with Gasteiger partial charge in [-0.25, -0.2) is 0 Å². The van der Waals surface area contributed by atoms with E-state index >= 15 is 0 Å². The number of aryl methyl sites for hydroxylation is 1. The molecule has 1 heterocycles. The summed E-state index contributed by atoms with van der Waals surface area (Å²) >= 11 is 0. The molecule has 0 bridgehead atoms. The van der Waals surface area contributed by atoms with Crippen LogP contribution in [0.1, 0.15) is 43.9 Å². The van der Waals surface area contributed by atoms with Crippen molar-refractivity contribution in [3.05, 3.63) is 29.3 Å².